The third-order valence-electron chi connectivity index (χ3n) is 5.10. The maximum absolute atomic E-state index is 13.9. The highest BCUT2D eigenvalue weighted by atomic mass is 35.5. The molecule has 1 amide bonds. The van der Waals surface area contributed by atoms with Crippen molar-refractivity contribution in [3.05, 3.63) is 58.9 Å². The van der Waals surface area contributed by atoms with Crippen LogP contribution in [0.1, 0.15) is 29.7 Å². The largest absolute Gasteiger partial charge is 0.435 e. The number of amides is 1. The Balaban J connectivity index is 1.72. The van der Waals surface area contributed by atoms with E-state index in [-0.39, 0.29) is 24.5 Å². The second-order valence-electron chi connectivity index (χ2n) is 7.14. The number of halogens is 7. The zero-order chi connectivity index (χ0) is 23.4. The van der Waals surface area contributed by atoms with Gasteiger partial charge in [-0.15, -0.1) is 0 Å². The normalized spacial score (nSPS) is 17.4. The van der Waals surface area contributed by atoms with Gasteiger partial charge in [0.1, 0.15) is 11.9 Å². The predicted octanol–water partition coefficient (Wildman–Crippen LogP) is 5.05. The highest BCUT2D eigenvalue weighted by Crippen LogP contribution is 2.41. The van der Waals surface area contributed by atoms with E-state index in [0.717, 1.165) is 15.7 Å². The minimum Gasteiger partial charge on any atom is -0.322 e. The molecule has 1 aromatic carbocycles. The van der Waals surface area contributed by atoms with Crippen molar-refractivity contribution in [2.24, 2.45) is 0 Å². The van der Waals surface area contributed by atoms with E-state index in [2.05, 4.69) is 10.1 Å². The van der Waals surface area contributed by atoms with Crippen LogP contribution in [-0.2, 0) is 17.1 Å². The third kappa shape index (κ3) is 3.83. The fraction of sp³-hybridized carbons (Fsp3) is 0.316. The Kier molecular flexibility index (Phi) is 5.23. The fourth-order valence-corrected chi connectivity index (χ4v) is 3.81. The minimum atomic E-state index is -4.86. The van der Waals surface area contributed by atoms with Gasteiger partial charge in [-0.05, 0) is 37.6 Å². The maximum Gasteiger partial charge on any atom is 0.435 e. The molecule has 1 aliphatic heterocycles. The van der Waals surface area contributed by atoms with Gasteiger partial charge in [0.25, 0.3) is 0 Å². The molecule has 0 saturated carbocycles. The monoisotopic (exact) mass is 477 g/mol. The van der Waals surface area contributed by atoms with Gasteiger partial charge in [0.05, 0.1) is 17.6 Å². The van der Waals surface area contributed by atoms with E-state index in [9.17, 15) is 31.1 Å². The average Bonchev–Trinajstić information content (AvgIpc) is 3.38. The lowest BCUT2D eigenvalue weighted by Gasteiger charge is -2.20. The maximum atomic E-state index is 13.9. The number of aryl methyl sites for hydroxylation is 1. The molecule has 13 heteroatoms. The van der Waals surface area contributed by atoms with Gasteiger partial charge in [0.15, 0.2) is 11.4 Å². The lowest BCUT2D eigenvalue weighted by atomic mass is 10.2. The summed E-state index contributed by atoms with van der Waals surface area (Å²) in [6, 6.07) is 4.37. The average molecular weight is 478 g/mol. The number of imidazole rings is 1. The second kappa shape index (κ2) is 7.54. The highest BCUT2D eigenvalue weighted by molar-refractivity contribution is 6.30. The smallest absolute Gasteiger partial charge is 0.322 e. The Bertz CT molecular complexity index is 1160. The van der Waals surface area contributed by atoms with E-state index in [4.69, 9.17) is 11.6 Å². The summed E-state index contributed by atoms with van der Waals surface area (Å²) in [4.78, 5) is 17.3. The van der Waals surface area contributed by atoms with Gasteiger partial charge >= 0.3 is 12.4 Å². The molecule has 32 heavy (non-hydrogen) atoms. The highest BCUT2D eigenvalue weighted by Gasteiger charge is 2.45. The first-order valence-corrected chi connectivity index (χ1v) is 9.61. The molecule has 3 aromatic rings. The van der Waals surface area contributed by atoms with Gasteiger partial charge < -0.3 is 9.47 Å². The first-order chi connectivity index (χ1) is 14.9. The Hall–Kier alpha value is -3.02. The molecule has 0 spiro atoms. The molecule has 3 heterocycles. The number of nitrogens with zero attached hydrogens (tertiary/aromatic N) is 5. The molecule has 0 bridgehead atoms. The Labute approximate surface area is 182 Å². The van der Waals surface area contributed by atoms with Gasteiger partial charge in [0.2, 0.25) is 5.91 Å². The van der Waals surface area contributed by atoms with Crippen LogP contribution in [0.4, 0.5) is 32.0 Å². The first kappa shape index (κ1) is 22.2. The molecule has 1 aliphatic rings. The van der Waals surface area contributed by atoms with E-state index < -0.39 is 41.4 Å². The van der Waals surface area contributed by atoms with Crippen LogP contribution >= 0.6 is 11.6 Å². The lowest BCUT2D eigenvalue weighted by Crippen LogP contribution is -2.30. The van der Waals surface area contributed by atoms with Crippen molar-refractivity contribution in [1.29, 1.82) is 0 Å². The zero-order valence-electron chi connectivity index (χ0n) is 16.2. The number of aromatic nitrogens is 4. The van der Waals surface area contributed by atoms with Crippen molar-refractivity contribution in [2.45, 2.75) is 31.7 Å². The number of carbonyl (C=O) groups is 1. The Morgan fingerprint density at radius 2 is 1.72 bits per heavy atom. The van der Waals surface area contributed by atoms with E-state index in [1.54, 1.807) is 0 Å². The van der Waals surface area contributed by atoms with Crippen molar-refractivity contribution in [1.82, 2.24) is 19.3 Å². The minimum absolute atomic E-state index is 0.0107. The molecule has 1 saturated heterocycles. The van der Waals surface area contributed by atoms with Crippen molar-refractivity contribution >= 4 is 23.2 Å². The van der Waals surface area contributed by atoms with E-state index in [1.165, 1.54) is 31.2 Å². The van der Waals surface area contributed by atoms with Crippen LogP contribution in [0.3, 0.4) is 0 Å². The lowest BCUT2D eigenvalue weighted by molar-refractivity contribution is -0.142. The van der Waals surface area contributed by atoms with Crippen molar-refractivity contribution in [3.8, 4) is 5.69 Å². The number of hydrogen-bond donors (Lipinski definition) is 0. The SMILES string of the molecule is Cc1nc(C(F)(F)F)cn1C1CCN(c2cnn(-c3ccc(Cl)cc3)c2C(F)(F)F)C1=O. The number of benzene rings is 1. The molecular formula is C19H14ClF6N5O. The van der Waals surface area contributed by atoms with E-state index >= 15 is 0 Å². The Morgan fingerprint density at radius 3 is 2.28 bits per heavy atom. The molecule has 1 unspecified atom stereocenters. The van der Waals surface area contributed by atoms with Crippen LogP contribution in [-0.4, -0.2) is 31.8 Å². The molecule has 2 aromatic heterocycles. The standard InChI is InChI=1S/C19H14ClF6N5O/c1-10-28-15(18(21,22)23)9-30(10)13-6-7-29(17(13)32)14-8-27-31(16(14)19(24,25)26)12-4-2-11(20)3-5-12/h2-5,8-9,13H,6-7H2,1H3. The molecule has 170 valence electrons. The third-order valence-corrected chi connectivity index (χ3v) is 5.35. The van der Waals surface area contributed by atoms with Gasteiger partial charge in [-0.1, -0.05) is 11.6 Å². The quantitative estimate of drug-likeness (QED) is 0.496. The number of hydrogen-bond acceptors (Lipinski definition) is 3. The van der Waals surface area contributed by atoms with Crippen LogP contribution in [0.2, 0.25) is 5.02 Å². The van der Waals surface area contributed by atoms with Gasteiger partial charge in [0, 0.05) is 17.8 Å². The van der Waals surface area contributed by atoms with Crippen LogP contribution in [0.5, 0.6) is 0 Å². The van der Waals surface area contributed by atoms with Gasteiger partial charge in [-0.3, -0.25) is 4.79 Å². The number of rotatable bonds is 3. The Morgan fingerprint density at radius 1 is 1.06 bits per heavy atom. The number of anilines is 1. The summed E-state index contributed by atoms with van der Waals surface area (Å²) in [7, 11) is 0. The summed E-state index contributed by atoms with van der Waals surface area (Å²) < 4.78 is 82.4. The molecule has 1 atom stereocenters. The topological polar surface area (TPSA) is 56.0 Å². The van der Waals surface area contributed by atoms with Crippen molar-refractivity contribution in [3.63, 3.8) is 0 Å². The zero-order valence-corrected chi connectivity index (χ0v) is 17.0. The summed E-state index contributed by atoms with van der Waals surface area (Å²) in [6.07, 6.45) is -7.95. The van der Waals surface area contributed by atoms with Crippen molar-refractivity contribution < 1.29 is 31.1 Å². The van der Waals surface area contributed by atoms with E-state index in [1.807, 2.05) is 0 Å². The molecular weight excluding hydrogens is 464 g/mol. The molecule has 0 aliphatic carbocycles. The van der Waals surface area contributed by atoms with E-state index in [0.29, 0.717) is 15.9 Å². The fourth-order valence-electron chi connectivity index (χ4n) is 3.68. The summed E-state index contributed by atoms with van der Waals surface area (Å²) in [5, 5.41) is 4.13. The number of carbonyl (C=O) groups excluding carboxylic acids is 1. The molecule has 6 nitrogen and oxygen atoms in total. The van der Waals surface area contributed by atoms with Crippen LogP contribution in [0, 0.1) is 6.92 Å². The van der Waals surface area contributed by atoms with Crippen LogP contribution < -0.4 is 4.90 Å². The summed E-state index contributed by atoms with van der Waals surface area (Å²) in [6.45, 7) is 1.17. The predicted molar refractivity (Wildman–Crippen MR) is 102 cm³/mol. The molecule has 0 radical (unpaired) electrons. The van der Waals surface area contributed by atoms with Crippen LogP contribution in [0.25, 0.3) is 5.69 Å². The molecule has 0 N–H and O–H groups in total. The summed E-state index contributed by atoms with van der Waals surface area (Å²) in [5.74, 6) is -0.842. The molecule has 4 rings (SSSR count). The van der Waals surface area contributed by atoms with Gasteiger partial charge in [-0.25, -0.2) is 9.67 Å². The summed E-state index contributed by atoms with van der Waals surface area (Å²) >= 11 is 5.79. The van der Waals surface area contributed by atoms with Gasteiger partial charge in [-0.2, -0.15) is 31.4 Å². The summed E-state index contributed by atoms with van der Waals surface area (Å²) in [5.41, 5.74) is -2.75. The second-order valence-corrected chi connectivity index (χ2v) is 7.57. The number of alkyl halides is 6. The first-order valence-electron chi connectivity index (χ1n) is 9.23. The van der Waals surface area contributed by atoms with Crippen LogP contribution in [0.15, 0.2) is 36.7 Å². The van der Waals surface area contributed by atoms with Crippen molar-refractivity contribution in [2.75, 3.05) is 11.4 Å². The molecule has 1 fully saturated rings.